The number of anilines is 2. The van der Waals surface area contributed by atoms with E-state index in [1.165, 1.54) is 17.3 Å². The number of nitriles is 1. The standard InChI is InChI=1S/C22H25N3O/c1-4-5-6-18-8-11-20(12-9-18)25-22(26)19(14-23)15-24-21-10-7-16(2)17(3)13-21/h7-13,15,24H,4-6H2,1-3H3,(H,25,26)/b19-15-. The Balaban J connectivity index is 2.01. The summed E-state index contributed by atoms with van der Waals surface area (Å²) in [5.41, 5.74) is 5.14. The van der Waals surface area contributed by atoms with Gasteiger partial charge in [-0.3, -0.25) is 4.79 Å². The molecule has 0 atom stereocenters. The first-order valence-corrected chi connectivity index (χ1v) is 8.88. The Morgan fingerprint density at radius 3 is 2.38 bits per heavy atom. The van der Waals surface area contributed by atoms with E-state index in [2.05, 4.69) is 17.6 Å². The van der Waals surface area contributed by atoms with Gasteiger partial charge in [0.25, 0.3) is 5.91 Å². The summed E-state index contributed by atoms with van der Waals surface area (Å²) in [6.07, 6.45) is 4.78. The van der Waals surface area contributed by atoms with Crippen molar-refractivity contribution >= 4 is 17.3 Å². The van der Waals surface area contributed by atoms with Crippen LogP contribution in [0.1, 0.15) is 36.5 Å². The minimum atomic E-state index is -0.426. The van der Waals surface area contributed by atoms with Crippen molar-refractivity contribution in [1.82, 2.24) is 0 Å². The lowest BCUT2D eigenvalue weighted by molar-refractivity contribution is -0.112. The molecule has 2 aromatic rings. The maximum Gasteiger partial charge on any atom is 0.267 e. The van der Waals surface area contributed by atoms with Gasteiger partial charge in [-0.2, -0.15) is 5.26 Å². The summed E-state index contributed by atoms with van der Waals surface area (Å²) >= 11 is 0. The fourth-order valence-electron chi connectivity index (χ4n) is 2.47. The van der Waals surface area contributed by atoms with Gasteiger partial charge >= 0.3 is 0 Å². The number of benzene rings is 2. The molecule has 0 fully saturated rings. The van der Waals surface area contributed by atoms with Gasteiger partial charge in [0.05, 0.1) is 0 Å². The predicted octanol–water partition coefficient (Wildman–Crippen LogP) is 5.10. The highest BCUT2D eigenvalue weighted by atomic mass is 16.1. The van der Waals surface area contributed by atoms with Crippen molar-refractivity contribution in [3.8, 4) is 6.07 Å². The van der Waals surface area contributed by atoms with Crippen molar-refractivity contribution in [3.05, 3.63) is 70.9 Å². The lowest BCUT2D eigenvalue weighted by Crippen LogP contribution is -2.14. The summed E-state index contributed by atoms with van der Waals surface area (Å²) in [4.78, 5) is 12.3. The highest BCUT2D eigenvalue weighted by Crippen LogP contribution is 2.15. The molecule has 0 heterocycles. The molecule has 26 heavy (non-hydrogen) atoms. The van der Waals surface area contributed by atoms with Crippen LogP contribution in [0.2, 0.25) is 0 Å². The third-order valence-corrected chi connectivity index (χ3v) is 4.29. The van der Waals surface area contributed by atoms with Crippen LogP contribution < -0.4 is 10.6 Å². The average molecular weight is 347 g/mol. The molecule has 0 aromatic heterocycles. The topological polar surface area (TPSA) is 64.9 Å². The molecule has 0 unspecified atom stereocenters. The lowest BCUT2D eigenvalue weighted by atomic mass is 10.1. The van der Waals surface area contributed by atoms with Crippen molar-refractivity contribution in [2.24, 2.45) is 0 Å². The molecule has 4 nitrogen and oxygen atoms in total. The quantitative estimate of drug-likeness (QED) is 0.541. The van der Waals surface area contributed by atoms with Crippen LogP contribution in [0.5, 0.6) is 0 Å². The number of hydrogen-bond acceptors (Lipinski definition) is 3. The van der Waals surface area contributed by atoms with Gasteiger partial charge in [0, 0.05) is 17.6 Å². The number of nitrogens with zero attached hydrogens (tertiary/aromatic N) is 1. The Kier molecular flexibility index (Phi) is 6.99. The van der Waals surface area contributed by atoms with Crippen LogP contribution in [0.15, 0.2) is 54.2 Å². The van der Waals surface area contributed by atoms with E-state index in [0.717, 1.165) is 30.5 Å². The van der Waals surface area contributed by atoms with Gasteiger partial charge < -0.3 is 10.6 Å². The number of carbonyl (C=O) groups is 1. The second kappa shape index (κ2) is 9.43. The molecule has 2 rings (SSSR count). The Hall–Kier alpha value is -3.06. The maximum absolute atomic E-state index is 12.3. The fraction of sp³-hybridized carbons (Fsp3) is 0.273. The van der Waals surface area contributed by atoms with E-state index >= 15 is 0 Å². The smallest absolute Gasteiger partial charge is 0.267 e. The van der Waals surface area contributed by atoms with E-state index in [1.807, 2.05) is 62.4 Å². The Morgan fingerprint density at radius 1 is 1.08 bits per heavy atom. The number of unbranched alkanes of at least 4 members (excludes halogenated alkanes) is 1. The van der Waals surface area contributed by atoms with Crippen molar-refractivity contribution < 1.29 is 4.79 Å². The first-order valence-electron chi connectivity index (χ1n) is 8.88. The molecule has 0 radical (unpaired) electrons. The highest BCUT2D eigenvalue weighted by molar-refractivity contribution is 6.06. The molecule has 0 spiro atoms. The number of carbonyl (C=O) groups excluding carboxylic acids is 1. The van der Waals surface area contributed by atoms with Gasteiger partial charge in [0.15, 0.2) is 0 Å². The largest absolute Gasteiger partial charge is 0.360 e. The van der Waals surface area contributed by atoms with Crippen LogP contribution in [0.4, 0.5) is 11.4 Å². The van der Waals surface area contributed by atoms with E-state index in [0.29, 0.717) is 5.69 Å². The third-order valence-electron chi connectivity index (χ3n) is 4.29. The minimum absolute atomic E-state index is 0.0262. The number of nitrogens with one attached hydrogen (secondary N) is 2. The highest BCUT2D eigenvalue weighted by Gasteiger charge is 2.09. The molecule has 0 aliphatic carbocycles. The van der Waals surface area contributed by atoms with Crippen molar-refractivity contribution in [2.75, 3.05) is 10.6 Å². The Morgan fingerprint density at radius 2 is 1.77 bits per heavy atom. The summed E-state index contributed by atoms with van der Waals surface area (Å²) in [5, 5.41) is 15.1. The molecule has 134 valence electrons. The van der Waals surface area contributed by atoms with Crippen LogP contribution in [0.25, 0.3) is 0 Å². The van der Waals surface area contributed by atoms with E-state index in [-0.39, 0.29) is 5.57 Å². The second-order valence-electron chi connectivity index (χ2n) is 6.37. The second-order valence-corrected chi connectivity index (χ2v) is 6.37. The fourth-order valence-corrected chi connectivity index (χ4v) is 2.47. The van der Waals surface area contributed by atoms with Gasteiger partial charge in [-0.15, -0.1) is 0 Å². The normalized spacial score (nSPS) is 10.9. The number of rotatable bonds is 7. The maximum atomic E-state index is 12.3. The van der Waals surface area contributed by atoms with Crippen molar-refractivity contribution in [1.29, 1.82) is 5.26 Å². The van der Waals surface area contributed by atoms with Gasteiger partial charge in [0.1, 0.15) is 11.6 Å². The minimum Gasteiger partial charge on any atom is -0.360 e. The zero-order valence-electron chi connectivity index (χ0n) is 15.6. The van der Waals surface area contributed by atoms with E-state index in [4.69, 9.17) is 0 Å². The summed E-state index contributed by atoms with van der Waals surface area (Å²) < 4.78 is 0. The van der Waals surface area contributed by atoms with Gasteiger partial charge in [0.2, 0.25) is 0 Å². The zero-order chi connectivity index (χ0) is 18.9. The number of amides is 1. The Labute approximate surface area is 155 Å². The molecule has 0 saturated carbocycles. The summed E-state index contributed by atoms with van der Waals surface area (Å²) in [6, 6.07) is 15.6. The molecular formula is C22H25N3O. The lowest BCUT2D eigenvalue weighted by Gasteiger charge is -2.07. The first kappa shape index (κ1) is 19.3. The van der Waals surface area contributed by atoms with Gasteiger partial charge in [-0.25, -0.2) is 0 Å². The molecule has 0 bridgehead atoms. The van der Waals surface area contributed by atoms with Crippen molar-refractivity contribution in [2.45, 2.75) is 40.0 Å². The van der Waals surface area contributed by atoms with E-state index in [9.17, 15) is 10.1 Å². The Bertz CT molecular complexity index is 829. The van der Waals surface area contributed by atoms with Crippen LogP contribution >= 0.6 is 0 Å². The molecular weight excluding hydrogens is 322 g/mol. The number of aryl methyl sites for hydroxylation is 3. The number of hydrogen-bond donors (Lipinski definition) is 2. The zero-order valence-corrected chi connectivity index (χ0v) is 15.6. The van der Waals surface area contributed by atoms with Crippen LogP contribution in [-0.4, -0.2) is 5.91 Å². The van der Waals surface area contributed by atoms with E-state index < -0.39 is 5.91 Å². The summed E-state index contributed by atoms with van der Waals surface area (Å²) in [6.45, 7) is 6.22. The van der Waals surface area contributed by atoms with Crippen LogP contribution in [-0.2, 0) is 11.2 Å². The average Bonchev–Trinajstić information content (AvgIpc) is 2.64. The predicted molar refractivity (Wildman–Crippen MR) is 107 cm³/mol. The molecule has 2 aromatic carbocycles. The molecule has 4 heteroatoms. The molecule has 0 aliphatic rings. The monoisotopic (exact) mass is 347 g/mol. The van der Waals surface area contributed by atoms with Gasteiger partial charge in [-0.05, 0) is 67.6 Å². The van der Waals surface area contributed by atoms with Crippen LogP contribution in [0, 0.1) is 25.2 Å². The van der Waals surface area contributed by atoms with Gasteiger partial charge in [-0.1, -0.05) is 31.5 Å². The third kappa shape index (κ3) is 5.49. The van der Waals surface area contributed by atoms with E-state index in [1.54, 1.807) is 0 Å². The SMILES string of the molecule is CCCCc1ccc(NC(=O)/C(C#N)=C\Nc2ccc(C)c(C)c2)cc1. The first-order chi connectivity index (χ1) is 12.5. The van der Waals surface area contributed by atoms with Crippen molar-refractivity contribution in [3.63, 3.8) is 0 Å². The molecule has 2 N–H and O–H groups in total. The molecule has 1 amide bonds. The molecule has 0 aliphatic heterocycles. The summed E-state index contributed by atoms with van der Waals surface area (Å²) in [5.74, 6) is -0.426. The van der Waals surface area contributed by atoms with Crippen LogP contribution in [0.3, 0.4) is 0 Å². The molecule has 0 saturated heterocycles. The summed E-state index contributed by atoms with van der Waals surface area (Å²) in [7, 11) is 0.